The molecule has 2 amide bonds. The summed E-state index contributed by atoms with van der Waals surface area (Å²) in [6.07, 6.45) is 1.77. The van der Waals surface area contributed by atoms with Gasteiger partial charge in [-0.3, -0.25) is 9.59 Å². The summed E-state index contributed by atoms with van der Waals surface area (Å²) in [5.74, 6) is -0.392. The fourth-order valence-corrected chi connectivity index (χ4v) is 3.58. The molecule has 1 aliphatic heterocycles. The van der Waals surface area contributed by atoms with E-state index in [4.69, 9.17) is 0 Å². The average Bonchev–Trinajstić information content (AvgIpc) is 3.16. The van der Waals surface area contributed by atoms with Gasteiger partial charge in [-0.05, 0) is 61.7 Å². The molecule has 3 rings (SSSR count). The summed E-state index contributed by atoms with van der Waals surface area (Å²) in [5, 5.41) is 4.80. The molecule has 142 valence electrons. The molecule has 0 aliphatic carbocycles. The maximum absolute atomic E-state index is 13.0. The number of aryl methyl sites for hydroxylation is 2. The zero-order valence-corrected chi connectivity index (χ0v) is 16.8. The summed E-state index contributed by atoms with van der Waals surface area (Å²) in [6.45, 7) is 6.99. The maximum atomic E-state index is 13.0. The van der Waals surface area contributed by atoms with Crippen LogP contribution in [0.15, 0.2) is 41.4 Å². The zero-order valence-electron chi connectivity index (χ0n) is 16.0. The highest BCUT2D eigenvalue weighted by Gasteiger charge is 2.24. The van der Waals surface area contributed by atoms with Crippen LogP contribution in [0, 0.1) is 13.8 Å². The Morgan fingerprint density at radius 1 is 1.07 bits per heavy atom. The molecule has 1 aliphatic rings. The van der Waals surface area contributed by atoms with Crippen molar-refractivity contribution in [3.63, 3.8) is 0 Å². The molecule has 6 heteroatoms. The van der Waals surface area contributed by atoms with Crippen LogP contribution in [-0.4, -0.2) is 54.8 Å². The van der Waals surface area contributed by atoms with Crippen LogP contribution in [0.3, 0.4) is 0 Å². The van der Waals surface area contributed by atoms with Crippen molar-refractivity contribution in [3.8, 4) is 0 Å². The molecule has 0 radical (unpaired) electrons. The third kappa shape index (κ3) is 4.84. The number of carbonyl (C=O) groups excluding carboxylic acids is 2. The molecule has 1 aromatic heterocycles. The molecule has 2 aromatic rings. The lowest BCUT2D eigenvalue weighted by molar-refractivity contribution is -0.128. The Labute approximate surface area is 164 Å². The highest BCUT2D eigenvalue weighted by molar-refractivity contribution is 7.10. The van der Waals surface area contributed by atoms with Crippen LogP contribution in [0.1, 0.15) is 26.4 Å². The fourth-order valence-electron chi connectivity index (χ4n) is 2.92. The van der Waals surface area contributed by atoms with E-state index in [1.165, 1.54) is 11.3 Å². The number of benzene rings is 1. The van der Waals surface area contributed by atoms with Crippen LogP contribution in [0.4, 0.5) is 0 Å². The number of thiophene rings is 1. The third-order valence-electron chi connectivity index (χ3n) is 4.87. The molecule has 0 spiro atoms. The first-order chi connectivity index (χ1) is 12.9. The van der Waals surface area contributed by atoms with E-state index in [1.54, 1.807) is 17.0 Å². The molecule has 2 heterocycles. The van der Waals surface area contributed by atoms with Gasteiger partial charge in [0, 0.05) is 36.6 Å². The number of likely N-dealkylation sites (N-methyl/N-ethyl adjacent to an activating group) is 1. The topological polar surface area (TPSA) is 52.7 Å². The van der Waals surface area contributed by atoms with Gasteiger partial charge in [-0.2, -0.15) is 0 Å². The smallest absolute Gasteiger partial charge is 0.270 e. The first-order valence-electron chi connectivity index (χ1n) is 9.05. The molecule has 1 fully saturated rings. The summed E-state index contributed by atoms with van der Waals surface area (Å²) in [4.78, 5) is 30.7. The number of hydrogen-bond acceptors (Lipinski definition) is 4. The Morgan fingerprint density at radius 2 is 1.81 bits per heavy atom. The number of carbonyl (C=O) groups is 2. The zero-order chi connectivity index (χ0) is 19.4. The number of hydrogen-bond donors (Lipinski definition) is 1. The molecule has 1 aromatic carbocycles. The van der Waals surface area contributed by atoms with E-state index in [0.29, 0.717) is 24.4 Å². The number of nitrogens with one attached hydrogen (secondary N) is 1. The average molecular weight is 384 g/mol. The molecule has 1 saturated heterocycles. The van der Waals surface area contributed by atoms with Crippen molar-refractivity contribution in [2.75, 3.05) is 33.2 Å². The third-order valence-corrected chi connectivity index (χ3v) is 5.69. The summed E-state index contributed by atoms with van der Waals surface area (Å²) in [7, 11) is 2.05. The van der Waals surface area contributed by atoms with Gasteiger partial charge in [0.05, 0.1) is 0 Å². The fraction of sp³-hybridized carbons (Fsp3) is 0.333. The van der Waals surface area contributed by atoms with Gasteiger partial charge in [-0.25, -0.2) is 0 Å². The maximum Gasteiger partial charge on any atom is 0.270 e. The van der Waals surface area contributed by atoms with Crippen LogP contribution in [0.2, 0.25) is 0 Å². The Balaban J connectivity index is 1.82. The molecule has 0 atom stereocenters. The second-order valence-corrected chi connectivity index (χ2v) is 7.90. The number of piperazine rings is 1. The van der Waals surface area contributed by atoms with Crippen molar-refractivity contribution < 1.29 is 9.59 Å². The molecule has 27 heavy (non-hydrogen) atoms. The van der Waals surface area contributed by atoms with Crippen LogP contribution in [0.5, 0.6) is 0 Å². The lowest BCUT2D eigenvalue weighted by Gasteiger charge is -2.33. The van der Waals surface area contributed by atoms with Crippen LogP contribution < -0.4 is 5.32 Å². The molecular weight excluding hydrogens is 358 g/mol. The van der Waals surface area contributed by atoms with Crippen molar-refractivity contribution in [2.24, 2.45) is 0 Å². The highest BCUT2D eigenvalue weighted by atomic mass is 32.1. The van der Waals surface area contributed by atoms with Crippen LogP contribution in [-0.2, 0) is 4.79 Å². The largest absolute Gasteiger partial charge is 0.335 e. The minimum atomic E-state index is -0.261. The van der Waals surface area contributed by atoms with E-state index in [2.05, 4.69) is 10.2 Å². The van der Waals surface area contributed by atoms with E-state index in [-0.39, 0.29) is 11.8 Å². The molecule has 5 nitrogen and oxygen atoms in total. The van der Waals surface area contributed by atoms with Crippen molar-refractivity contribution in [3.05, 3.63) is 63.0 Å². The summed E-state index contributed by atoms with van der Waals surface area (Å²) in [6, 6.07) is 9.44. The normalized spacial score (nSPS) is 15.7. The van der Waals surface area contributed by atoms with Crippen molar-refractivity contribution in [2.45, 2.75) is 13.8 Å². The van der Waals surface area contributed by atoms with E-state index in [9.17, 15) is 9.59 Å². The van der Waals surface area contributed by atoms with Gasteiger partial charge in [-0.15, -0.1) is 11.3 Å². The van der Waals surface area contributed by atoms with Crippen molar-refractivity contribution in [1.82, 2.24) is 15.1 Å². The molecular formula is C21H25N3O2S. The van der Waals surface area contributed by atoms with Crippen molar-refractivity contribution in [1.29, 1.82) is 0 Å². The lowest BCUT2D eigenvalue weighted by atomic mass is 10.1. The summed E-state index contributed by atoms with van der Waals surface area (Å²) >= 11 is 1.54. The van der Waals surface area contributed by atoms with E-state index in [1.807, 2.05) is 50.5 Å². The highest BCUT2D eigenvalue weighted by Crippen LogP contribution is 2.16. The molecule has 1 N–H and O–H groups in total. The Bertz CT molecular complexity index is 850. The minimum Gasteiger partial charge on any atom is -0.335 e. The lowest BCUT2D eigenvalue weighted by Crippen LogP contribution is -2.49. The SMILES string of the molecule is Cc1ccc(C(=O)N/C(=C\c2cccs2)C(=O)N2CCN(C)CC2)cc1C. The van der Waals surface area contributed by atoms with E-state index < -0.39 is 0 Å². The standard InChI is InChI=1S/C21H25N3O2S/c1-15-6-7-17(13-16(15)2)20(25)22-19(14-18-5-4-12-27-18)21(26)24-10-8-23(3)9-11-24/h4-7,12-14H,8-11H2,1-3H3,(H,22,25)/b19-14-. The molecule has 0 unspecified atom stereocenters. The Hall–Kier alpha value is -2.44. The van der Waals surface area contributed by atoms with Crippen LogP contribution in [0.25, 0.3) is 6.08 Å². The first-order valence-corrected chi connectivity index (χ1v) is 9.93. The number of nitrogens with zero attached hydrogens (tertiary/aromatic N) is 2. The summed E-state index contributed by atoms with van der Waals surface area (Å²) < 4.78 is 0. The van der Waals surface area contributed by atoms with E-state index >= 15 is 0 Å². The Kier molecular flexibility index (Phi) is 6.08. The monoisotopic (exact) mass is 383 g/mol. The number of amides is 2. The van der Waals surface area contributed by atoms with Gasteiger partial charge in [0.1, 0.15) is 5.70 Å². The molecule has 0 saturated carbocycles. The second kappa shape index (κ2) is 8.50. The quantitative estimate of drug-likeness (QED) is 0.826. The van der Waals surface area contributed by atoms with Crippen molar-refractivity contribution >= 4 is 29.2 Å². The predicted octanol–water partition coefficient (Wildman–Crippen LogP) is 2.91. The molecule has 0 bridgehead atoms. The van der Waals surface area contributed by atoms with Gasteiger partial charge in [0.2, 0.25) is 0 Å². The van der Waals surface area contributed by atoms with Gasteiger partial charge >= 0.3 is 0 Å². The minimum absolute atomic E-state index is 0.131. The van der Waals surface area contributed by atoms with Crippen LogP contribution >= 0.6 is 11.3 Å². The van der Waals surface area contributed by atoms with Gasteiger partial charge in [0.15, 0.2) is 0 Å². The Morgan fingerprint density at radius 3 is 2.44 bits per heavy atom. The van der Waals surface area contributed by atoms with E-state index in [0.717, 1.165) is 29.1 Å². The van der Waals surface area contributed by atoms with Gasteiger partial charge in [-0.1, -0.05) is 12.1 Å². The second-order valence-electron chi connectivity index (χ2n) is 6.92. The first kappa shape index (κ1) is 19.3. The number of rotatable bonds is 4. The van der Waals surface area contributed by atoms with Gasteiger partial charge < -0.3 is 15.1 Å². The summed E-state index contributed by atoms with van der Waals surface area (Å²) in [5.41, 5.74) is 3.07. The van der Waals surface area contributed by atoms with Gasteiger partial charge in [0.25, 0.3) is 11.8 Å². The predicted molar refractivity (Wildman–Crippen MR) is 110 cm³/mol.